The molecule has 0 radical (unpaired) electrons. The van der Waals surface area contributed by atoms with Gasteiger partial charge in [0.15, 0.2) is 0 Å². The molecule has 0 aromatic rings. The van der Waals surface area contributed by atoms with Crippen molar-refractivity contribution in [3.63, 3.8) is 0 Å². The Bertz CT molecular complexity index is 204. The summed E-state index contributed by atoms with van der Waals surface area (Å²) in [7, 11) is 0. The van der Waals surface area contributed by atoms with E-state index in [-0.39, 0.29) is 17.4 Å². The molecule has 0 spiro atoms. The molecule has 14 heavy (non-hydrogen) atoms. The van der Waals surface area contributed by atoms with Crippen LogP contribution in [0.25, 0.3) is 0 Å². The second kappa shape index (κ2) is 4.75. The summed E-state index contributed by atoms with van der Waals surface area (Å²) in [6, 6.07) is 0. The first-order valence-electron chi connectivity index (χ1n) is 5.04. The number of ether oxygens (including phenoxy) is 2. The van der Waals surface area contributed by atoms with Crippen molar-refractivity contribution in [1.29, 1.82) is 0 Å². The molecule has 82 valence electrons. The predicted molar refractivity (Wildman–Crippen MR) is 53.0 cm³/mol. The molecular formula is C10H19NO3. The topological polar surface area (TPSA) is 47.6 Å². The molecule has 1 fully saturated rings. The molecule has 1 aliphatic rings. The van der Waals surface area contributed by atoms with Gasteiger partial charge in [-0.2, -0.15) is 0 Å². The highest BCUT2D eigenvalue weighted by atomic mass is 16.5. The van der Waals surface area contributed by atoms with E-state index < -0.39 is 0 Å². The highest BCUT2D eigenvalue weighted by molar-refractivity contribution is 5.72. The van der Waals surface area contributed by atoms with Crippen molar-refractivity contribution < 1.29 is 14.3 Å². The first kappa shape index (κ1) is 11.5. The van der Waals surface area contributed by atoms with E-state index in [1.54, 1.807) is 0 Å². The Labute approximate surface area is 85.0 Å². The minimum Gasteiger partial charge on any atom is -0.466 e. The lowest BCUT2D eigenvalue weighted by Crippen LogP contribution is -2.43. The Hall–Kier alpha value is -0.610. The van der Waals surface area contributed by atoms with E-state index in [1.165, 1.54) is 0 Å². The van der Waals surface area contributed by atoms with E-state index in [9.17, 15) is 4.79 Å². The summed E-state index contributed by atoms with van der Waals surface area (Å²) >= 11 is 0. The van der Waals surface area contributed by atoms with Crippen LogP contribution in [0.3, 0.4) is 0 Å². The minimum atomic E-state index is -0.170. The Morgan fingerprint density at radius 1 is 1.64 bits per heavy atom. The number of carbonyl (C=O) groups excluding carboxylic acids is 1. The monoisotopic (exact) mass is 201 g/mol. The highest BCUT2D eigenvalue weighted by Crippen LogP contribution is 2.11. The summed E-state index contributed by atoms with van der Waals surface area (Å²) in [5.74, 6) is -0.338. The molecule has 1 N–H and O–H groups in total. The average molecular weight is 201 g/mol. The smallest absolute Gasteiger partial charge is 0.312 e. The van der Waals surface area contributed by atoms with Crippen LogP contribution < -0.4 is 5.32 Å². The Morgan fingerprint density at radius 3 is 3.00 bits per heavy atom. The van der Waals surface area contributed by atoms with Gasteiger partial charge in [-0.15, -0.1) is 0 Å². The number of carbonyl (C=O) groups is 1. The molecule has 0 aliphatic carbocycles. The molecule has 0 amide bonds. The van der Waals surface area contributed by atoms with Crippen molar-refractivity contribution in [2.24, 2.45) is 5.92 Å². The second-order valence-electron chi connectivity index (χ2n) is 4.23. The van der Waals surface area contributed by atoms with Crippen LogP contribution in [0.1, 0.15) is 20.8 Å². The third kappa shape index (κ3) is 3.27. The minimum absolute atomic E-state index is 0.0543. The van der Waals surface area contributed by atoms with Crippen LogP contribution in [0.4, 0.5) is 0 Å². The lowest BCUT2D eigenvalue weighted by Gasteiger charge is -2.22. The third-order valence-corrected chi connectivity index (χ3v) is 2.23. The average Bonchev–Trinajstić information content (AvgIpc) is 2.27. The van der Waals surface area contributed by atoms with Crippen molar-refractivity contribution in [2.45, 2.75) is 26.3 Å². The van der Waals surface area contributed by atoms with Gasteiger partial charge in [0.05, 0.1) is 25.7 Å². The van der Waals surface area contributed by atoms with E-state index in [1.807, 2.05) is 6.92 Å². The van der Waals surface area contributed by atoms with Gasteiger partial charge in [0.25, 0.3) is 0 Å². The predicted octanol–water partition coefficient (Wildman–Crippen LogP) is 0.564. The van der Waals surface area contributed by atoms with Gasteiger partial charge in [0.2, 0.25) is 0 Å². The Kier molecular flexibility index (Phi) is 3.89. The fourth-order valence-corrected chi connectivity index (χ4v) is 1.38. The highest BCUT2D eigenvalue weighted by Gasteiger charge is 2.28. The third-order valence-electron chi connectivity index (χ3n) is 2.23. The van der Waals surface area contributed by atoms with Gasteiger partial charge in [-0.1, -0.05) is 0 Å². The van der Waals surface area contributed by atoms with Crippen molar-refractivity contribution in [3.8, 4) is 0 Å². The second-order valence-corrected chi connectivity index (χ2v) is 4.23. The standard InChI is InChI=1S/C10H19NO3/c1-4-14-9(12)8-5-11-10(2,3)7-13-6-8/h8,11H,4-7H2,1-3H3. The zero-order valence-electron chi connectivity index (χ0n) is 9.13. The van der Waals surface area contributed by atoms with E-state index in [4.69, 9.17) is 9.47 Å². The SMILES string of the molecule is CCOC(=O)C1CNC(C)(C)COC1. The summed E-state index contributed by atoms with van der Waals surface area (Å²) in [5, 5.41) is 3.28. The van der Waals surface area contributed by atoms with E-state index in [0.717, 1.165) is 0 Å². The van der Waals surface area contributed by atoms with Crippen molar-refractivity contribution in [1.82, 2.24) is 5.32 Å². The van der Waals surface area contributed by atoms with Gasteiger partial charge in [-0.25, -0.2) is 0 Å². The van der Waals surface area contributed by atoms with Crippen LogP contribution in [0.5, 0.6) is 0 Å². The van der Waals surface area contributed by atoms with Crippen LogP contribution in [-0.4, -0.2) is 37.9 Å². The molecule has 0 aromatic carbocycles. The molecule has 4 nitrogen and oxygen atoms in total. The van der Waals surface area contributed by atoms with Crippen LogP contribution >= 0.6 is 0 Å². The van der Waals surface area contributed by atoms with Crippen LogP contribution in [-0.2, 0) is 14.3 Å². The first-order chi connectivity index (χ1) is 6.55. The maximum Gasteiger partial charge on any atom is 0.312 e. The molecule has 1 aliphatic heterocycles. The van der Waals surface area contributed by atoms with Crippen molar-refractivity contribution in [2.75, 3.05) is 26.4 Å². The molecule has 0 aromatic heterocycles. The molecular weight excluding hydrogens is 182 g/mol. The summed E-state index contributed by atoms with van der Waals surface area (Å²) in [5.41, 5.74) is -0.0543. The summed E-state index contributed by atoms with van der Waals surface area (Å²) in [6.45, 7) is 8.07. The van der Waals surface area contributed by atoms with Crippen molar-refractivity contribution >= 4 is 5.97 Å². The van der Waals surface area contributed by atoms with Gasteiger partial charge in [0, 0.05) is 12.1 Å². The molecule has 1 unspecified atom stereocenters. The number of nitrogens with one attached hydrogen (secondary N) is 1. The molecule has 1 saturated heterocycles. The van der Waals surface area contributed by atoms with Crippen LogP contribution in [0.2, 0.25) is 0 Å². The summed E-state index contributed by atoms with van der Waals surface area (Å²) in [4.78, 5) is 11.4. The van der Waals surface area contributed by atoms with E-state index in [2.05, 4.69) is 19.2 Å². The Morgan fingerprint density at radius 2 is 2.36 bits per heavy atom. The largest absolute Gasteiger partial charge is 0.466 e. The number of rotatable bonds is 2. The first-order valence-corrected chi connectivity index (χ1v) is 5.04. The quantitative estimate of drug-likeness (QED) is 0.663. The molecule has 0 saturated carbocycles. The van der Waals surface area contributed by atoms with Gasteiger partial charge >= 0.3 is 5.97 Å². The number of hydrogen-bond acceptors (Lipinski definition) is 4. The normalized spacial score (nSPS) is 26.6. The van der Waals surface area contributed by atoms with E-state index >= 15 is 0 Å². The Balaban J connectivity index is 2.45. The fraction of sp³-hybridized carbons (Fsp3) is 0.900. The van der Waals surface area contributed by atoms with Gasteiger partial charge in [0.1, 0.15) is 0 Å². The molecule has 4 heteroatoms. The fourth-order valence-electron chi connectivity index (χ4n) is 1.38. The van der Waals surface area contributed by atoms with Crippen LogP contribution in [0.15, 0.2) is 0 Å². The summed E-state index contributed by atoms with van der Waals surface area (Å²) < 4.78 is 10.4. The maximum absolute atomic E-state index is 11.4. The molecule has 1 atom stereocenters. The zero-order chi connectivity index (χ0) is 10.6. The number of esters is 1. The van der Waals surface area contributed by atoms with Gasteiger partial charge in [-0.3, -0.25) is 4.79 Å². The molecule has 1 heterocycles. The molecule has 1 rings (SSSR count). The molecule has 0 bridgehead atoms. The lowest BCUT2D eigenvalue weighted by atomic mass is 10.1. The van der Waals surface area contributed by atoms with Gasteiger partial charge < -0.3 is 14.8 Å². The lowest BCUT2D eigenvalue weighted by molar-refractivity contribution is -0.149. The van der Waals surface area contributed by atoms with Gasteiger partial charge in [-0.05, 0) is 20.8 Å². The zero-order valence-corrected chi connectivity index (χ0v) is 9.13. The van der Waals surface area contributed by atoms with Crippen molar-refractivity contribution in [3.05, 3.63) is 0 Å². The van der Waals surface area contributed by atoms with E-state index in [0.29, 0.717) is 26.4 Å². The summed E-state index contributed by atoms with van der Waals surface area (Å²) in [6.07, 6.45) is 0. The maximum atomic E-state index is 11.4. The van der Waals surface area contributed by atoms with Crippen LogP contribution in [0, 0.1) is 5.92 Å². The number of hydrogen-bond donors (Lipinski definition) is 1.